The fraction of sp³-hybridized carbons (Fsp3) is 0.778. The van der Waals surface area contributed by atoms with Gasteiger partial charge in [-0.2, -0.15) is 0 Å². The standard InChI is InChI=1S/C9H15NO3/c1-2-7-3-4-8(5-7)10-13-6-9(11)12/h7H,2-6H2,1H3,(H,11,12). The summed E-state index contributed by atoms with van der Waals surface area (Å²) in [5, 5.41) is 12.1. The van der Waals surface area contributed by atoms with Gasteiger partial charge in [0.25, 0.3) is 0 Å². The van der Waals surface area contributed by atoms with Crippen LogP contribution in [0.1, 0.15) is 32.6 Å². The molecule has 1 atom stereocenters. The van der Waals surface area contributed by atoms with Crippen molar-refractivity contribution >= 4 is 11.7 Å². The van der Waals surface area contributed by atoms with E-state index in [1.165, 1.54) is 0 Å². The maximum Gasteiger partial charge on any atom is 0.344 e. The summed E-state index contributed by atoms with van der Waals surface area (Å²) < 4.78 is 0. The molecule has 0 aromatic rings. The average molecular weight is 185 g/mol. The van der Waals surface area contributed by atoms with Crippen LogP contribution in [0.4, 0.5) is 0 Å². The highest BCUT2D eigenvalue weighted by atomic mass is 16.6. The first-order chi connectivity index (χ1) is 6.22. The highest BCUT2D eigenvalue weighted by Crippen LogP contribution is 2.25. The van der Waals surface area contributed by atoms with Gasteiger partial charge in [0.1, 0.15) is 0 Å². The summed E-state index contributed by atoms with van der Waals surface area (Å²) in [6, 6.07) is 0. The topological polar surface area (TPSA) is 58.9 Å². The number of hydrogen-bond donors (Lipinski definition) is 1. The van der Waals surface area contributed by atoms with Gasteiger partial charge in [-0.3, -0.25) is 0 Å². The zero-order valence-corrected chi connectivity index (χ0v) is 7.82. The molecule has 1 saturated carbocycles. The maximum absolute atomic E-state index is 10.1. The molecule has 1 unspecified atom stereocenters. The molecule has 0 aromatic heterocycles. The van der Waals surface area contributed by atoms with Crippen LogP contribution in [0.5, 0.6) is 0 Å². The monoisotopic (exact) mass is 185 g/mol. The van der Waals surface area contributed by atoms with Gasteiger partial charge in [0.05, 0.1) is 5.71 Å². The molecule has 0 amide bonds. The Kier molecular flexibility index (Phi) is 3.73. The SMILES string of the molecule is CCC1CCC(=NOCC(=O)O)C1. The van der Waals surface area contributed by atoms with Crippen molar-refractivity contribution < 1.29 is 14.7 Å². The van der Waals surface area contributed by atoms with E-state index in [2.05, 4.69) is 16.9 Å². The Morgan fingerprint density at radius 2 is 2.54 bits per heavy atom. The number of hydrogen-bond acceptors (Lipinski definition) is 3. The third-order valence-corrected chi connectivity index (χ3v) is 2.32. The summed E-state index contributed by atoms with van der Waals surface area (Å²) in [7, 11) is 0. The third kappa shape index (κ3) is 3.44. The Morgan fingerprint density at radius 3 is 3.08 bits per heavy atom. The van der Waals surface area contributed by atoms with Gasteiger partial charge in [-0.05, 0) is 25.2 Å². The van der Waals surface area contributed by atoms with E-state index in [4.69, 9.17) is 5.11 Å². The molecular formula is C9H15NO3. The Hall–Kier alpha value is -1.06. The zero-order chi connectivity index (χ0) is 9.68. The number of carbonyl (C=O) groups is 1. The van der Waals surface area contributed by atoms with Crippen molar-refractivity contribution in [2.45, 2.75) is 32.6 Å². The number of nitrogens with zero attached hydrogens (tertiary/aromatic N) is 1. The van der Waals surface area contributed by atoms with Crippen molar-refractivity contribution in [2.24, 2.45) is 11.1 Å². The van der Waals surface area contributed by atoms with Gasteiger partial charge in [-0.1, -0.05) is 18.5 Å². The first kappa shape index (κ1) is 10.0. The van der Waals surface area contributed by atoms with Crippen LogP contribution >= 0.6 is 0 Å². The average Bonchev–Trinajstić information content (AvgIpc) is 2.52. The third-order valence-electron chi connectivity index (χ3n) is 2.32. The molecule has 0 radical (unpaired) electrons. The molecule has 0 saturated heterocycles. The second-order valence-corrected chi connectivity index (χ2v) is 3.34. The number of oxime groups is 1. The molecule has 0 bridgehead atoms. The quantitative estimate of drug-likeness (QED) is 0.677. The lowest BCUT2D eigenvalue weighted by Crippen LogP contribution is -2.05. The summed E-state index contributed by atoms with van der Waals surface area (Å²) in [5.41, 5.74) is 1.01. The second kappa shape index (κ2) is 4.84. The van der Waals surface area contributed by atoms with Crippen molar-refractivity contribution in [3.05, 3.63) is 0 Å². The summed E-state index contributed by atoms with van der Waals surface area (Å²) in [6.45, 7) is 1.83. The van der Waals surface area contributed by atoms with Gasteiger partial charge >= 0.3 is 5.97 Å². The predicted molar refractivity (Wildman–Crippen MR) is 48.7 cm³/mol. The predicted octanol–water partition coefficient (Wildman–Crippen LogP) is 1.65. The van der Waals surface area contributed by atoms with Crippen molar-refractivity contribution in [3.63, 3.8) is 0 Å². The minimum absolute atomic E-state index is 0.333. The molecule has 4 nitrogen and oxygen atoms in total. The zero-order valence-electron chi connectivity index (χ0n) is 7.82. The van der Waals surface area contributed by atoms with E-state index in [1.54, 1.807) is 0 Å². The molecule has 1 rings (SSSR count). The molecule has 1 fully saturated rings. The molecule has 4 heteroatoms. The number of rotatable bonds is 4. The van der Waals surface area contributed by atoms with Gasteiger partial charge in [-0.15, -0.1) is 0 Å². The number of carboxylic acids is 1. The van der Waals surface area contributed by atoms with Crippen molar-refractivity contribution in [2.75, 3.05) is 6.61 Å². The van der Waals surface area contributed by atoms with Crippen LogP contribution in [0, 0.1) is 5.92 Å². The largest absolute Gasteiger partial charge is 0.479 e. The fourth-order valence-corrected chi connectivity index (χ4v) is 1.52. The van der Waals surface area contributed by atoms with Crippen LogP contribution in [-0.4, -0.2) is 23.4 Å². The van der Waals surface area contributed by atoms with Gasteiger partial charge in [0.15, 0.2) is 0 Å². The van der Waals surface area contributed by atoms with Gasteiger partial charge < -0.3 is 9.94 Å². The molecule has 74 valence electrons. The van der Waals surface area contributed by atoms with E-state index in [0.29, 0.717) is 5.92 Å². The highest BCUT2D eigenvalue weighted by molar-refractivity contribution is 5.86. The number of carboxylic acid groups (broad SMARTS) is 1. The first-order valence-electron chi connectivity index (χ1n) is 4.62. The molecule has 13 heavy (non-hydrogen) atoms. The van der Waals surface area contributed by atoms with E-state index < -0.39 is 5.97 Å². The van der Waals surface area contributed by atoms with E-state index in [-0.39, 0.29) is 6.61 Å². The van der Waals surface area contributed by atoms with Gasteiger partial charge in [0.2, 0.25) is 6.61 Å². The minimum Gasteiger partial charge on any atom is -0.479 e. The smallest absolute Gasteiger partial charge is 0.344 e. The summed E-state index contributed by atoms with van der Waals surface area (Å²) in [6.07, 6.45) is 4.25. The van der Waals surface area contributed by atoms with Crippen LogP contribution in [0.3, 0.4) is 0 Å². The van der Waals surface area contributed by atoms with E-state index in [0.717, 1.165) is 31.4 Å². The summed E-state index contributed by atoms with van der Waals surface area (Å²) >= 11 is 0. The summed E-state index contributed by atoms with van der Waals surface area (Å²) in [5.74, 6) is -0.262. The molecule has 0 aromatic carbocycles. The van der Waals surface area contributed by atoms with Crippen LogP contribution in [0.25, 0.3) is 0 Å². The lowest BCUT2D eigenvalue weighted by atomic mass is 10.1. The summed E-state index contributed by atoms with van der Waals surface area (Å²) in [4.78, 5) is 14.8. The fourth-order valence-electron chi connectivity index (χ4n) is 1.52. The van der Waals surface area contributed by atoms with Crippen molar-refractivity contribution in [1.29, 1.82) is 0 Å². The molecule has 1 aliphatic carbocycles. The van der Waals surface area contributed by atoms with Crippen LogP contribution in [0.2, 0.25) is 0 Å². The number of aliphatic carboxylic acids is 1. The van der Waals surface area contributed by atoms with Crippen molar-refractivity contribution in [3.8, 4) is 0 Å². The first-order valence-corrected chi connectivity index (χ1v) is 4.62. The Morgan fingerprint density at radius 1 is 1.77 bits per heavy atom. The lowest BCUT2D eigenvalue weighted by molar-refractivity contribution is -0.142. The molecule has 1 N–H and O–H groups in total. The van der Waals surface area contributed by atoms with Crippen molar-refractivity contribution in [1.82, 2.24) is 0 Å². The lowest BCUT2D eigenvalue weighted by Gasteiger charge is -2.00. The molecular weight excluding hydrogens is 170 g/mol. The van der Waals surface area contributed by atoms with Gasteiger partial charge in [-0.25, -0.2) is 4.79 Å². The van der Waals surface area contributed by atoms with Crippen LogP contribution in [-0.2, 0) is 9.63 Å². The van der Waals surface area contributed by atoms with Crippen LogP contribution < -0.4 is 0 Å². The minimum atomic E-state index is -0.977. The Balaban J connectivity index is 2.25. The van der Waals surface area contributed by atoms with E-state index >= 15 is 0 Å². The highest BCUT2D eigenvalue weighted by Gasteiger charge is 2.19. The van der Waals surface area contributed by atoms with E-state index in [1.807, 2.05) is 0 Å². The molecule has 1 aliphatic rings. The molecule has 0 heterocycles. The Bertz CT molecular complexity index is 213. The molecule has 0 spiro atoms. The Labute approximate surface area is 77.6 Å². The van der Waals surface area contributed by atoms with Crippen LogP contribution in [0.15, 0.2) is 5.16 Å². The normalized spacial score (nSPS) is 25.0. The van der Waals surface area contributed by atoms with E-state index in [9.17, 15) is 4.79 Å². The van der Waals surface area contributed by atoms with Gasteiger partial charge in [0, 0.05) is 0 Å². The molecule has 0 aliphatic heterocycles. The second-order valence-electron chi connectivity index (χ2n) is 3.34. The maximum atomic E-state index is 10.1.